The molecule has 0 atom stereocenters. The van der Waals surface area contributed by atoms with Gasteiger partial charge in [-0.05, 0) is 10.2 Å². The largest absolute Gasteiger partial charge is 0.408 e. The second-order valence-corrected chi connectivity index (χ2v) is 2.55. The smallest absolute Gasteiger partial charge is 0.327 e. The van der Waals surface area contributed by atoms with Gasteiger partial charge in [0.05, 0.1) is 5.29 Å². The van der Waals surface area contributed by atoms with Crippen LogP contribution in [0.5, 0.6) is 0 Å². The van der Waals surface area contributed by atoms with E-state index in [1.54, 1.807) is 0 Å². The van der Waals surface area contributed by atoms with Crippen LogP contribution in [-0.4, -0.2) is 49.6 Å². The first kappa shape index (κ1) is 11.3. The van der Waals surface area contributed by atoms with Crippen molar-refractivity contribution in [1.29, 1.82) is 0 Å². The average Bonchev–Trinajstić information content (AvgIpc) is 2.26. The summed E-state index contributed by atoms with van der Waals surface area (Å²) in [6.45, 7) is -1.42. The van der Waals surface area contributed by atoms with Crippen LogP contribution in [0.15, 0.2) is 10.4 Å². The number of nitrogens with zero attached hydrogens (tertiary/aromatic N) is 7. The fourth-order valence-corrected chi connectivity index (χ4v) is 1.01. The van der Waals surface area contributed by atoms with E-state index in [4.69, 9.17) is 5.21 Å². The quantitative estimate of drug-likeness (QED) is 0.269. The zero-order valence-electron chi connectivity index (χ0n) is 7.53. The van der Waals surface area contributed by atoms with Gasteiger partial charge >= 0.3 is 5.96 Å². The number of hydrogen-bond acceptors (Lipinski definition) is 8. The maximum atomic E-state index is 10.5. The number of nitroso groups, excluding NO2 is 1. The van der Waals surface area contributed by atoms with E-state index >= 15 is 0 Å². The summed E-state index contributed by atoms with van der Waals surface area (Å²) in [6, 6.07) is 0. The number of hydrogen-bond donors (Lipinski definition) is 1. The average molecular weight is 235 g/mol. The van der Waals surface area contributed by atoms with Crippen LogP contribution in [0.25, 0.3) is 0 Å². The molecule has 0 unspecified atom stereocenters. The normalized spacial score (nSPS) is 18.8. The van der Waals surface area contributed by atoms with Crippen molar-refractivity contribution in [3.8, 4) is 0 Å². The van der Waals surface area contributed by atoms with Gasteiger partial charge in [-0.15, -0.1) is 4.91 Å². The lowest BCUT2D eigenvalue weighted by molar-refractivity contribution is -0.708. The first-order valence-corrected chi connectivity index (χ1v) is 3.65. The Morgan fingerprint density at radius 3 is 2.25 bits per heavy atom. The Morgan fingerprint density at radius 1 is 1.25 bits per heavy atom. The highest BCUT2D eigenvalue weighted by molar-refractivity contribution is 5.78. The predicted molar refractivity (Wildman–Crippen MR) is 44.3 cm³/mol. The molecule has 1 heterocycles. The highest BCUT2D eigenvalue weighted by Crippen LogP contribution is 2.10. The molecule has 0 aromatic rings. The van der Waals surface area contributed by atoms with E-state index in [-0.39, 0.29) is 10.0 Å². The van der Waals surface area contributed by atoms with Crippen LogP contribution < -0.4 is 0 Å². The van der Waals surface area contributed by atoms with Gasteiger partial charge in [0.15, 0.2) is 16.7 Å². The molecule has 0 aliphatic carbocycles. The second-order valence-electron chi connectivity index (χ2n) is 2.55. The molecule has 16 heavy (non-hydrogen) atoms. The fraction of sp³-hybridized carbons (Fsp3) is 0.667. The molecule has 0 amide bonds. The minimum absolute atomic E-state index is 0.105. The van der Waals surface area contributed by atoms with Gasteiger partial charge < -0.3 is 5.21 Å². The van der Waals surface area contributed by atoms with Crippen LogP contribution in [0, 0.1) is 25.1 Å². The molecule has 0 aromatic carbocycles. The van der Waals surface area contributed by atoms with Crippen molar-refractivity contribution in [3.63, 3.8) is 0 Å². The van der Waals surface area contributed by atoms with E-state index in [2.05, 4.69) is 10.4 Å². The van der Waals surface area contributed by atoms with Crippen LogP contribution in [-0.2, 0) is 0 Å². The Bertz CT molecular complexity index is 354. The number of nitro groups is 2. The fourth-order valence-electron chi connectivity index (χ4n) is 1.01. The molecule has 1 rings (SSSR count). The SMILES string of the molecule is O=NN1CN([N+](=O)[O-])CN([N+](=O)[O-])C1=NO. The van der Waals surface area contributed by atoms with Gasteiger partial charge in [0.1, 0.15) is 0 Å². The van der Waals surface area contributed by atoms with Crippen molar-refractivity contribution in [3.05, 3.63) is 25.1 Å². The summed E-state index contributed by atoms with van der Waals surface area (Å²) in [6.07, 6.45) is 0. The third-order valence-electron chi connectivity index (χ3n) is 1.67. The summed E-state index contributed by atoms with van der Waals surface area (Å²) in [5, 5.41) is 32.8. The third kappa shape index (κ3) is 1.86. The topological polar surface area (TPSA) is 158 Å². The first-order chi connectivity index (χ1) is 7.51. The number of hydrazine groups is 2. The second kappa shape index (κ2) is 4.20. The highest BCUT2D eigenvalue weighted by Gasteiger charge is 2.41. The summed E-state index contributed by atoms with van der Waals surface area (Å²) in [4.78, 5) is 31.1. The molecule has 0 bridgehead atoms. The van der Waals surface area contributed by atoms with Crippen LogP contribution in [0.3, 0.4) is 0 Å². The Labute approximate surface area is 86.3 Å². The van der Waals surface area contributed by atoms with Gasteiger partial charge in [-0.3, -0.25) is 0 Å². The Morgan fingerprint density at radius 2 is 1.88 bits per heavy atom. The molecule has 1 aliphatic rings. The maximum Gasteiger partial charge on any atom is 0.327 e. The molecule has 0 saturated carbocycles. The van der Waals surface area contributed by atoms with Crippen molar-refractivity contribution >= 4 is 5.96 Å². The highest BCUT2D eigenvalue weighted by atomic mass is 16.7. The van der Waals surface area contributed by atoms with Crippen LogP contribution in [0.4, 0.5) is 0 Å². The van der Waals surface area contributed by atoms with Crippen LogP contribution in [0.1, 0.15) is 0 Å². The Balaban J connectivity index is 3.01. The van der Waals surface area contributed by atoms with Crippen molar-refractivity contribution in [2.45, 2.75) is 0 Å². The lowest BCUT2D eigenvalue weighted by Gasteiger charge is -2.28. The molecular formula is C3H5N7O6. The van der Waals surface area contributed by atoms with Gasteiger partial charge in [0, 0.05) is 0 Å². The van der Waals surface area contributed by atoms with E-state index in [0.717, 1.165) is 0 Å². The van der Waals surface area contributed by atoms with Crippen molar-refractivity contribution in [2.24, 2.45) is 10.4 Å². The van der Waals surface area contributed by atoms with E-state index < -0.39 is 29.4 Å². The number of guanidine groups is 1. The Kier molecular flexibility index (Phi) is 2.98. The van der Waals surface area contributed by atoms with E-state index in [1.807, 2.05) is 0 Å². The molecule has 88 valence electrons. The number of rotatable bonds is 3. The molecule has 1 aliphatic heterocycles. The standard InChI is InChI=1S/C3H5N7O6/c11-4-3-7(5-12)1-6(9(13)14)2-8(3)10(15)16/h11H,1-2H2. The molecular weight excluding hydrogens is 230 g/mol. The van der Waals surface area contributed by atoms with Crippen molar-refractivity contribution < 1.29 is 15.3 Å². The van der Waals surface area contributed by atoms with Gasteiger partial charge in [-0.25, -0.2) is 20.2 Å². The monoisotopic (exact) mass is 235 g/mol. The van der Waals surface area contributed by atoms with Gasteiger partial charge in [-0.1, -0.05) is 5.01 Å². The molecule has 1 saturated heterocycles. The van der Waals surface area contributed by atoms with E-state index in [0.29, 0.717) is 5.01 Å². The predicted octanol–water partition coefficient (Wildman–Crippen LogP) is -1.37. The summed E-state index contributed by atoms with van der Waals surface area (Å²) >= 11 is 0. The third-order valence-corrected chi connectivity index (χ3v) is 1.67. The molecule has 1 N–H and O–H groups in total. The molecule has 0 aromatic heterocycles. The minimum Gasteiger partial charge on any atom is -0.408 e. The number of oxime groups is 1. The lowest BCUT2D eigenvalue weighted by Crippen LogP contribution is -2.59. The van der Waals surface area contributed by atoms with E-state index in [1.165, 1.54) is 0 Å². The lowest BCUT2D eigenvalue weighted by atomic mass is 10.6. The molecule has 13 heteroatoms. The maximum absolute atomic E-state index is 10.5. The van der Waals surface area contributed by atoms with Crippen molar-refractivity contribution in [1.82, 2.24) is 15.0 Å². The summed E-state index contributed by atoms with van der Waals surface area (Å²) in [7, 11) is 0. The molecule has 1 fully saturated rings. The van der Waals surface area contributed by atoms with E-state index in [9.17, 15) is 25.1 Å². The summed E-state index contributed by atoms with van der Waals surface area (Å²) < 4.78 is 0. The molecule has 0 radical (unpaired) electrons. The first-order valence-electron chi connectivity index (χ1n) is 3.65. The van der Waals surface area contributed by atoms with Crippen molar-refractivity contribution in [2.75, 3.05) is 13.3 Å². The molecule has 13 nitrogen and oxygen atoms in total. The zero-order valence-corrected chi connectivity index (χ0v) is 7.53. The summed E-state index contributed by atoms with van der Waals surface area (Å²) in [5.74, 6) is -0.793. The van der Waals surface area contributed by atoms with Crippen LogP contribution >= 0.6 is 0 Å². The zero-order chi connectivity index (χ0) is 12.3. The van der Waals surface area contributed by atoms with Gasteiger partial charge in [-0.2, -0.15) is 5.01 Å². The summed E-state index contributed by atoms with van der Waals surface area (Å²) in [5.41, 5.74) is 0. The minimum atomic E-state index is -1.07. The molecule has 0 spiro atoms. The van der Waals surface area contributed by atoms with Gasteiger partial charge in [0.25, 0.3) is 0 Å². The van der Waals surface area contributed by atoms with Crippen LogP contribution in [0.2, 0.25) is 0 Å². The van der Waals surface area contributed by atoms with Gasteiger partial charge in [0.2, 0.25) is 6.67 Å². The Hall–Kier alpha value is -2.73.